The summed E-state index contributed by atoms with van der Waals surface area (Å²) in [7, 11) is 0. The number of ether oxygens (including phenoxy) is 1. The number of hydrogen-bond acceptors (Lipinski definition) is 9. The van der Waals surface area contributed by atoms with Gasteiger partial charge in [-0.15, -0.1) is 0 Å². The van der Waals surface area contributed by atoms with E-state index in [-0.39, 0.29) is 28.9 Å². The smallest absolute Gasteiger partial charge is 0.305 e. The van der Waals surface area contributed by atoms with E-state index in [1.165, 1.54) is 6.07 Å². The van der Waals surface area contributed by atoms with E-state index in [0.29, 0.717) is 60.7 Å². The van der Waals surface area contributed by atoms with Gasteiger partial charge >= 0.3 is 4.87 Å². The first-order valence-electron chi connectivity index (χ1n) is 16.3. The third-order valence-corrected chi connectivity index (χ3v) is 10.4. The number of aromatic amines is 1. The lowest BCUT2D eigenvalue weighted by Crippen LogP contribution is -2.58. The maximum atomic E-state index is 14.7. The number of thiazole rings is 1. The van der Waals surface area contributed by atoms with Gasteiger partial charge in [-0.1, -0.05) is 47.7 Å². The molecule has 5 aromatic rings. The van der Waals surface area contributed by atoms with E-state index in [1.54, 1.807) is 24.3 Å². The van der Waals surface area contributed by atoms with Crippen LogP contribution in [0, 0.1) is 5.82 Å². The van der Waals surface area contributed by atoms with Gasteiger partial charge in [0.05, 0.1) is 35.1 Å². The number of aromatic nitrogens is 2. The van der Waals surface area contributed by atoms with E-state index in [4.69, 9.17) is 4.74 Å². The zero-order valence-electron chi connectivity index (χ0n) is 26.5. The van der Waals surface area contributed by atoms with Crippen molar-refractivity contribution in [3.8, 4) is 5.75 Å². The number of nitrogens with one attached hydrogen (secondary N) is 2. The van der Waals surface area contributed by atoms with Gasteiger partial charge in [0.25, 0.3) is 5.91 Å². The SMILES string of the molecule is O=C(c1ccc2ccccc2n1)N1CCOC2(CCN(Cc3cc(F)cc(CCNC[C@H](O)c4ccc(O)c5[nH]c(=O)sc45)c3)CC2)C1. The van der Waals surface area contributed by atoms with Crippen LogP contribution in [0.5, 0.6) is 5.75 Å². The molecule has 2 saturated heterocycles. The molecule has 1 atom stereocenters. The Balaban J connectivity index is 0.907. The highest BCUT2D eigenvalue weighted by Gasteiger charge is 2.41. The Hall–Kier alpha value is -4.20. The number of nitrogens with zero attached hydrogens (tertiary/aromatic N) is 3. The Morgan fingerprint density at radius 2 is 1.90 bits per heavy atom. The minimum atomic E-state index is -0.876. The Kier molecular flexibility index (Phi) is 9.25. The number of amides is 1. The van der Waals surface area contributed by atoms with Crippen molar-refractivity contribution in [3.63, 3.8) is 0 Å². The quantitative estimate of drug-likeness (QED) is 0.170. The van der Waals surface area contributed by atoms with Crippen molar-refractivity contribution in [1.29, 1.82) is 0 Å². The number of para-hydroxylation sites is 1. The molecule has 48 heavy (non-hydrogen) atoms. The number of halogens is 1. The number of carbonyl (C=O) groups excluding carboxylic acids is 1. The number of phenolic OH excluding ortho intramolecular Hbond substituents is 1. The van der Waals surface area contributed by atoms with Gasteiger partial charge < -0.3 is 30.2 Å². The van der Waals surface area contributed by atoms with Crippen LogP contribution in [-0.4, -0.2) is 87.4 Å². The number of aliphatic hydroxyl groups excluding tert-OH is 1. The predicted molar refractivity (Wildman–Crippen MR) is 183 cm³/mol. The number of rotatable bonds is 9. The number of benzene rings is 3. The van der Waals surface area contributed by atoms with Gasteiger partial charge in [0.15, 0.2) is 0 Å². The van der Waals surface area contributed by atoms with Crippen LogP contribution in [0.3, 0.4) is 0 Å². The number of pyridine rings is 1. The highest BCUT2D eigenvalue weighted by Crippen LogP contribution is 2.33. The lowest BCUT2D eigenvalue weighted by Gasteiger charge is -2.47. The summed E-state index contributed by atoms with van der Waals surface area (Å²) in [5.41, 5.74) is 3.52. The largest absolute Gasteiger partial charge is 0.506 e. The van der Waals surface area contributed by atoms with E-state index in [2.05, 4.69) is 20.2 Å². The summed E-state index contributed by atoms with van der Waals surface area (Å²) in [4.78, 5) is 36.3. The molecule has 250 valence electrons. The van der Waals surface area contributed by atoms with Gasteiger partial charge in [0, 0.05) is 43.7 Å². The summed E-state index contributed by atoms with van der Waals surface area (Å²) >= 11 is 0.952. The number of aromatic hydroxyl groups is 1. The number of fused-ring (bicyclic) bond motifs is 2. The van der Waals surface area contributed by atoms with Crippen molar-refractivity contribution in [3.05, 3.63) is 105 Å². The number of piperidine rings is 1. The van der Waals surface area contributed by atoms with Crippen molar-refractivity contribution in [2.45, 2.75) is 37.5 Å². The molecule has 0 bridgehead atoms. The van der Waals surface area contributed by atoms with Crippen molar-refractivity contribution >= 4 is 38.4 Å². The van der Waals surface area contributed by atoms with Crippen LogP contribution in [-0.2, 0) is 17.7 Å². The molecule has 10 nitrogen and oxygen atoms in total. The minimum Gasteiger partial charge on any atom is -0.506 e. The zero-order chi connectivity index (χ0) is 33.3. The van der Waals surface area contributed by atoms with Crippen molar-refractivity contribution in [1.82, 2.24) is 25.1 Å². The Labute approximate surface area is 280 Å². The second kappa shape index (κ2) is 13.7. The number of carbonyl (C=O) groups is 1. The Morgan fingerprint density at radius 1 is 1.08 bits per heavy atom. The van der Waals surface area contributed by atoms with Crippen LogP contribution in [0.2, 0.25) is 0 Å². The Morgan fingerprint density at radius 3 is 2.75 bits per heavy atom. The van der Waals surface area contributed by atoms with E-state index in [1.807, 2.05) is 41.3 Å². The summed E-state index contributed by atoms with van der Waals surface area (Å²) < 4.78 is 21.5. The van der Waals surface area contributed by atoms with Crippen LogP contribution >= 0.6 is 11.3 Å². The van der Waals surface area contributed by atoms with Crippen LogP contribution in [0.25, 0.3) is 21.1 Å². The maximum Gasteiger partial charge on any atom is 0.305 e. The molecule has 2 aromatic heterocycles. The average Bonchev–Trinajstić information content (AvgIpc) is 3.49. The lowest BCUT2D eigenvalue weighted by molar-refractivity contribution is -0.128. The molecule has 0 saturated carbocycles. The number of likely N-dealkylation sites (tertiary alicyclic amines) is 1. The normalized spacial score (nSPS) is 17.3. The second-order valence-corrected chi connectivity index (χ2v) is 13.7. The second-order valence-electron chi connectivity index (χ2n) is 12.8. The van der Waals surface area contributed by atoms with Gasteiger partial charge in [-0.3, -0.25) is 14.5 Å². The van der Waals surface area contributed by atoms with Crippen molar-refractivity contribution in [2.75, 3.05) is 45.9 Å². The molecule has 1 amide bonds. The summed E-state index contributed by atoms with van der Waals surface area (Å²) in [6.07, 6.45) is 1.26. The third kappa shape index (κ3) is 6.99. The minimum absolute atomic E-state index is 0.0331. The molecular weight excluding hydrogens is 633 g/mol. The molecule has 0 aliphatic carbocycles. The molecule has 4 N–H and O–H groups in total. The van der Waals surface area contributed by atoms with Gasteiger partial charge in [0.2, 0.25) is 0 Å². The molecule has 1 spiro atoms. The summed E-state index contributed by atoms with van der Waals surface area (Å²) in [5, 5.41) is 25.0. The fourth-order valence-corrected chi connectivity index (χ4v) is 7.80. The van der Waals surface area contributed by atoms with Crippen molar-refractivity contribution < 1.29 is 24.1 Å². The van der Waals surface area contributed by atoms with E-state index in [9.17, 15) is 24.2 Å². The lowest BCUT2D eigenvalue weighted by atomic mass is 9.89. The summed E-state index contributed by atoms with van der Waals surface area (Å²) in [6.45, 7) is 4.51. The van der Waals surface area contributed by atoms with E-state index < -0.39 is 11.7 Å². The van der Waals surface area contributed by atoms with Crippen LogP contribution in [0.1, 0.15) is 46.1 Å². The Bertz CT molecular complexity index is 2010. The molecule has 2 aliphatic heterocycles. The first kappa shape index (κ1) is 32.4. The topological polar surface area (TPSA) is 131 Å². The van der Waals surface area contributed by atoms with Crippen LogP contribution in [0.4, 0.5) is 4.39 Å². The molecular formula is C36H38FN5O5S. The molecule has 2 fully saturated rings. The number of H-pyrrole nitrogens is 1. The van der Waals surface area contributed by atoms with Crippen LogP contribution in [0.15, 0.2) is 71.5 Å². The fourth-order valence-electron chi connectivity index (χ4n) is 6.88. The predicted octanol–water partition coefficient (Wildman–Crippen LogP) is 4.36. The highest BCUT2D eigenvalue weighted by molar-refractivity contribution is 7.16. The van der Waals surface area contributed by atoms with Gasteiger partial charge in [-0.05, 0) is 67.3 Å². The summed E-state index contributed by atoms with van der Waals surface area (Å²) in [5.74, 6) is -0.384. The van der Waals surface area contributed by atoms with Crippen molar-refractivity contribution in [2.24, 2.45) is 0 Å². The molecule has 3 aromatic carbocycles. The molecule has 2 aliphatic rings. The molecule has 7 rings (SSSR count). The van der Waals surface area contributed by atoms with E-state index >= 15 is 0 Å². The number of morpholine rings is 1. The van der Waals surface area contributed by atoms with Gasteiger partial charge in [-0.2, -0.15) is 0 Å². The monoisotopic (exact) mass is 671 g/mol. The first-order chi connectivity index (χ1) is 23.2. The molecule has 4 heterocycles. The molecule has 0 radical (unpaired) electrons. The first-order valence-corrected chi connectivity index (χ1v) is 17.1. The van der Waals surface area contributed by atoms with Crippen LogP contribution < -0.4 is 10.2 Å². The number of hydrogen-bond donors (Lipinski definition) is 4. The maximum absolute atomic E-state index is 14.7. The zero-order valence-corrected chi connectivity index (χ0v) is 27.3. The summed E-state index contributed by atoms with van der Waals surface area (Å²) in [6, 6.07) is 19.8. The third-order valence-electron chi connectivity index (χ3n) is 9.42. The average molecular weight is 672 g/mol. The highest BCUT2D eigenvalue weighted by atomic mass is 32.1. The van der Waals surface area contributed by atoms with Gasteiger partial charge in [-0.25, -0.2) is 9.37 Å². The number of phenols is 1. The standard InChI is InChI=1S/C36H38FN5O5S/c37-26-18-23(9-12-38-20-31(44)27-6-8-30(43)32-33(27)48-35(46)40-32)17-24(19-26)21-41-13-10-36(11-14-41)22-42(15-16-47-36)34(45)29-7-5-25-3-1-2-4-28(25)39-29/h1-8,17-19,31,38,43-44H,9-16,20-22H2,(H,40,46)/t31-/m0/s1. The van der Waals surface area contributed by atoms with Gasteiger partial charge in [0.1, 0.15) is 22.8 Å². The van der Waals surface area contributed by atoms with E-state index in [0.717, 1.165) is 59.3 Å². The molecule has 0 unspecified atom stereocenters. The fraction of sp³-hybridized carbons (Fsp3) is 0.361. The molecule has 12 heteroatoms. The number of aliphatic hydroxyl groups is 1.